The topological polar surface area (TPSA) is 55.3 Å². The van der Waals surface area contributed by atoms with Crippen LogP contribution in [-0.2, 0) is 6.54 Å². The van der Waals surface area contributed by atoms with Crippen molar-refractivity contribution >= 4 is 16.8 Å². The number of hydrogen-bond acceptors (Lipinski definition) is 4. The van der Waals surface area contributed by atoms with Gasteiger partial charge in [-0.1, -0.05) is 19.9 Å². The maximum absolute atomic E-state index is 5.91. The number of rotatable bonds is 2. The lowest BCUT2D eigenvalue weighted by Gasteiger charge is -2.34. The summed E-state index contributed by atoms with van der Waals surface area (Å²) in [5, 5.41) is 0. The monoisotopic (exact) mass is 259 g/mol. The number of nitrogen functional groups attached to an aromatic ring is 1. The van der Waals surface area contributed by atoms with E-state index < -0.39 is 0 Å². The molecule has 0 aliphatic carbocycles. The second kappa shape index (κ2) is 4.85. The normalized spacial score (nSPS) is 24.9. The molecule has 1 saturated heterocycles. The highest BCUT2D eigenvalue weighted by Gasteiger charge is 2.23. The van der Waals surface area contributed by atoms with Crippen LogP contribution in [0.1, 0.15) is 26.2 Å². The zero-order valence-electron chi connectivity index (χ0n) is 11.6. The first-order valence-corrected chi connectivity index (χ1v) is 6.99. The number of nitrogens with zero attached hydrogens (tertiary/aromatic N) is 2. The third kappa shape index (κ3) is 2.45. The number of piperidine rings is 1. The minimum Gasteiger partial charge on any atom is -0.439 e. The molecule has 0 spiro atoms. The van der Waals surface area contributed by atoms with Gasteiger partial charge in [-0.15, -0.1) is 0 Å². The zero-order chi connectivity index (χ0) is 13.4. The molecule has 1 aliphatic heterocycles. The van der Waals surface area contributed by atoms with Crippen LogP contribution in [0, 0.1) is 11.8 Å². The van der Waals surface area contributed by atoms with Crippen molar-refractivity contribution in [2.75, 3.05) is 18.8 Å². The third-order valence-corrected chi connectivity index (χ3v) is 4.27. The predicted molar refractivity (Wildman–Crippen MR) is 76.6 cm³/mol. The molecule has 3 rings (SSSR count). The number of nitrogens with two attached hydrogens (primary N) is 1. The number of aromatic nitrogens is 1. The molecule has 1 aromatic carbocycles. The summed E-state index contributed by atoms with van der Waals surface area (Å²) in [4.78, 5) is 6.94. The summed E-state index contributed by atoms with van der Waals surface area (Å²) >= 11 is 0. The predicted octanol–water partition coefficient (Wildman–Crippen LogP) is 2.89. The summed E-state index contributed by atoms with van der Waals surface area (Å²) in [7, 11) is 0. The molecule has 1 aromatic heterocycles. The molecule has 2 heterocycles. The Morgan fingerprint density at radius 2 is 2.21 bits per heavy atom. The number of fused-ring (bicyclic) bond motifs is 1. The highest BCUT2D eigenvalue weighted by Crippen LogP contribution is 2.25. The first kappa shape index (κ1) is 12.5. The molecule has 19 heavy (non-hydrogen) atoms. The van der Waals surface area contributed by atoms with Gasteiger partial charge in [0.05, 0.1) is 12.2 Å². The van der Waals surface area contributed by atoms with E-state index in [0.717, 1.165) is 48.5 Å². The van der Waals surface area contributed by atoms with E-state index in [1.54, 1.807) is 0 Å². The number of likely N-dealkylation sites (tertiary alicyclic amines) is 1. The van der Waals surface area contributed by atoms with E-state index in [2.05, 4.69) is 23.7 Å². The Balaban J connectivity index is 1.77. The molecule has 2 aromatic rings. The van der Waals surface area contributed by atoms with E-state index in [-0.39, 0.29) is 0 Å². The number of oxazole rings is 1. The first-order chi connectivity index (χ1) is 9.13. The maximum atomic E-state index is 5.91. The molecule has 1 fully saturated rings. The lowest BCUT2D eigenvalue weighted by Crippen LogP contribution is -2.37. The van der Waals surface area contributed by atoms with E-state index in [0.29, 0.717) is 5.69 Å². The fraction of sp³-hybridized carbons (Fsp3) is 0.533. The third-order valence-electron chi connectivity index (χ3n) is 4.27. The average molecular weight is 259 g/mol. The lowest BCUT2D eigenvalue weighted by atomic mass is 9.89. The van der Waals surface area contributed by atoms with Crippen LogP contribution in [0.5, 0.6) is 0 Å². The largest absolute Gasteiger partial charge is 0.439 e. The molecule has 1 aliphatic rings. The molecule has 2 unspecified atom stereocenters. The maximum Gasteiger partial charge on any atom is 0.209 e. The zero-order valence-corrected chi connectivity index (χ0v) is 11.6. The van der Waals surface area contributed by atoms with E-state index >= 15 is 0 Å². The van der Waals surface area contributed by atoms with Gasteiger partial charge < -0.3 is 10.2 Å². The van der Waals surface area contributed by atoms with E-state index in [1.807, 2.05) is 18.2 Å². The van der Waals surface area contributed by atoms with Crippen molar-refractivity contribution < 1.29 is 4.42 Å². The smallest absolute Gasteiger partial charge is 0.209 e. The van der Waals surface area contributed by atoms with Crippen molar-refractivity contribution in [1.82, 2.24) is 9.88 Å². The van der Waals surface area contributed by atoms with Gasteiger partial charge in [-0.25, -0.2) is 4.98 Å². The van der Waals surface area contributed by atoms with Crippen molar-refractivity contribution in [3.8, 4) is 0 Å². The van der Waals surface area contributed by atoms with Crippen molar-refractivity contribution in [3.63, 3.8) is 0 Å². The van der Waals surface area contributed by atoms with Gasteiger partial charge in [0, 0.05) is 6.54 Å². The molecule has 102 valence electrons. The quantitative estimate of drug-likeness (QED) is 0.843. The Labute approximate surface area is 113 Å². The van der Waals surface area contributed by atoms with Crippen LogP contribution in [0.25, 0.3) is 11.1 Å². The van der Waals surface area contributed by atoms with Gasteiger partial charge in [-0.05, 0) is 36.9 Å². The van der Waals surface area contributed by atoms with Crippen LogP contribution in [0.2, 0.25) is 0 Å². The van der Waals surface area contributed by atoms with E-state index in [9.17, 15) is 0 Å². The van der Waals surface area contributed by atoms with Gasteiger partial charge in [0.25, 0.3) is 0 Å². The minimum absolute atomic E-state index is 0.688. The Bertz CT molecular complexity index is 578. The Morgan fingerprint density at radius 3 is 2.95 bits per heavy atom. The molecule has 4 nitrogen and oxygen atoms in total. The summed E-state index contributed by atoms with van der Waals surface area (Å²) in [6, 6.07) is 5.68. The Kier molecular flexibility index (Phi) is 3.19. The van der Waals surface area contributed by atoms with Gasteiger partial charge in [0.1, 0.15) is 5.52 Å². The van der Waals surface area contributed by atoms with Crippen molar-refractivity contribution in [1.29, 1.82) is 0 Å². The van der Waals surface area contributed by atoms with Crippen LogP contribution >= 0.6 is 0 Å². The Hall–Kier alpha value is -1.55. The van der Waals surface area contributed by atoms with Crippen molar-refractivity contribution in [3.05, 3.63) is 24.1 Å². The molecule has 0 bridgehead atoms. The number of hydrogen-bond donors (Lipinski definition) is 1. The molecule has 0 radical (unpaired) electrons. The first-order valence-electron chi connectivity index (χ1n) is 6.99. The van der Waals surface area contributed by atoms with Gasteiger partial charge in [-0.3, -0.25) is 4.90 Å². The van der Waals surface area contributed by atoms with E-state index in [4.69, 9.17) is 10.2 Å². The van der Waals surface area contributed by atoms with Crippen molar-refractivity contribution in [2.24, 2.45) is 11.8 Å². The van der Waals surface area contributed by atoms with Crippen LogP contribution in [0.4, 0.5) is 5.69 Å². The molecular weight excluding hydrogens is 238 g/mol. The van der Waals surface area contributed by atoms with Gasteiger partial charge in [-0.2, -0.15) is 0 Å². The summed E-state index contributed by atoms with van der Waals surface area (Å²) in [6.07, 6.45) is 1.25. The standard InChI is InChI=1S/C15H21N3O/c1-10-6-7-18(8-11(10)2)9-14-17-15-12(16)4-3-5-13(15)19-14/h3-5,10-11H,6-9,16H2,1-2H3. The van der Waals surface area contributed by atoms with Gasteiger partial charge in [0.15, 0.2) is 5.58 Å². The summed E-state index contributed by atoms with van der Waals surface area (Å²) in [5.74, 6) is 2.33. The molecule has 0 saturated carbocycles. The summed E-state index contributed by atoms with van der Waals surface area (Å²) in [6.45, 7) is 7.68. The SMILES string of the molecule is CC1CCN(Cc2nc3c(N)cccc3o2)CC1C. The highest BCUT2D eigenvalue weighted by molar-refractivity contribution is 5.85. The lowest BCUT2D eigenvalue weighted by molar-refractivity contribution is 0.123. The van der Waals surface area contributed by atoms with Crippen LogP contribution in [-0.4, -0.2) is 23.0 Å². The molecule has 2 atom stereocenters. The van der Waals surface area contributed by atoms with Crippen LogP contribution in [0.15, 0.2) is 22.6 Å². The van der Waals surface area contributed by atoms with Crippen LogP contribution in [0.3, 0.4) is 0 Å². The minimum atomic E-state index is 0.688. The summed E-state index contributed by atoms with van der Waals surface area (Å²) in [5.41, 5.74) is 8.17. The second-order valence-electron chi connectivity index (χ2n) is 5.78. The second-order valence-corrected chi connectivity index (χ2v) is 5.78. The molecule has 4 heteroatoms. The molecule has 2 N–H and O–H groups in total. The molecular formula is C15H21N3O. The Morgan fingerprint density at radius 1 is 1.37 bits per heavy atom. The van der Waals surface area contributed by atoms with E-state index in [1.165, 1.54) is 6.42 Å². The summed E-state index contributed by atoms with van der Waals surface area (Å²) < 4.78 is 5.78. The van der Waals surface area contributed by atoms with Gasteiger partial charge >= 0.3 is 0 Å². The highest BCUT2D eigenvalue weighted by atomic mass is 16.3. The van der Waals surface area contributed by atoms with Crippen molar-refractivity contribution in [2.45, 2.75) is 26.8 Å². The number of anilines is 1. The number of para-hydroxylation sites is 1. The average Bonchev–Trinajstić information content (AvgIpc) is 2.78. The fourth-order valence-electron chi connectivity index (χ4n) is 2.77. The fourth-order valence-corrected chi connectivity index (χ4v) is 2.77. The van der Waals surface area contributed by atoms with Crippen LogP contribution < -0.4 is 5.73 Å². The number of benzene rings is 1. The van der Waals surface area contributed by atoms with Gasteiger partial charge in [0.2, 0.25) is 5.89 Å². The molecule has 0 amide bonds.